The fourth-order valence-electron chi connectivity index (χ4n) is 3.71. The van der Waals surface area contributed by atoms with Gasteiger partial charge < -0.3 is 20.1 Å². The van der Waals surface area contributed by atoms with Gasteiger partial charge in [0.05, 0.1) is 17.3 Å². The Morgan fingerprint density at radius 2 is 2.03 bits per heavy atom. The maximum Gasteiger partial charge on any atom is 0.221 e. The van der Waals surface area contributed by atoms with Crippen molar-refractivity contribution in [2.45, 2.75) is 45.9 Å². The summed E-state index contributed by atoms with van der Waals surface area (Å²) in [6, 6.07) is 3.15. The van der Waals surface area contributed by atoms with Crippen LogP contribution in [0.5, 0.6) is 0 Å². The van der Waals surface area contributed by atoms with Crippen LogP contribution in [-0.2, 0) is 17.8 Å². The quantitative estimate of drug-likeness (QED) is 0.345. The minimum atomic E-state index is -1.24. The number of fused-ring (bicyclic) bond motifs is 2. The molecule has 0 spiro atoms. The van der Waals surface area contributed by atoms with E-state index < -0.39 is 11.4 Å². The predicted molar refractivity (Wildman–Crippen MR) is 126 cm³/mol. The van der Waals surface area contributed by atoms with Crippen LogP contribution in [0.1, 0.15) is 32.8 Å². The first-order chi connectivity index (χ1) is 15.7. The van der Waals surface area contributed by atoms with Crippen LogP contribution in [0.2, 0.25) is 0 Å². The molecule has 0 bridgehead atoms. The summed E-state index contributed by atoms with van der Waals surface area (Å²) in [7, 11) is 1.65. The van der Waals surface area contributed by atoms with Gasteiger partial charge in [-0.15, -0.1) is 0 Å². The second-order valence-electron chi connectivity index (χ2n) is 8.39. The molecule has 3 N–H and O–H groups in total. The summed E-state index contributed by atoms with van der Waals surface area (Å²) in [6.07, 6.45) is 4.51. The number of anilines is 1. The summed E-state index contributed by atoms with van der Waals surface area (Å²) in [4.78, 5) is 8.82. The Bertz CT molecular complexity index is 1390. The molecule has 0 fully saturated rings. The Morgan fingerprint density at radius 3 is 2.73 bits per heavy atom. The highest BCUT2D eigenvalue weighted by Gasteiger charge is 2.20. The largest absolute Gasteiger partial charge is 0.385 e. The second-order valence-corrected chi connectivity index (χ2v) is 8.39. The van der Waals surface area contributed by atoms with E-state index in [1.54, 1.807) is 31.7 Å². The van der Waals surface area contributed by atoms with Crippen molar-refractivity contribution in [3.8, 4) is 23.1 Å². The van der Waals surface area contributed by atoms with Gasteiger partial charge in [-0.05, 0) is 39.3 Å². The second kappa shape index (κ2) is 8.81. The van der Waals surface area contributed by atoms with Crippen molar-refractivity contribution in [1.82, 2.24) is 24.3 Å². The third-order valence-electron chi connectivity index (χ3n) is 5.23. The molecule has 0 atom stereocenters. The van der Waals surface area contributed by atoms with Gasteiger partial charge in [0.25, 0.3) is 0 Å². The van der Waals surface area contributed by atoms with Gasteiger partial charge in [-0.3, -0.25) is 4.68 Å². The molecule has 0 amide bonds. The van der Waals surface area contributed by atoms with Crippen LogP contribution >= 0.6 is 0 Å². The molecule has 0 aliphatic carbocycles. The molecular formula is C24H27FN6O2. The molecule has 0 aliphatic heterocycles. The average Bonchev–Trinajstić information content (AvgIpc) is 3.32. The zero-order valence-corrected chi connectivity index (χ0v) is 19.2. The molecule has 0 saturated heterocycles. The standard InChI is InChI=1S/C24H27FN6O2/c1-5-31-14-19-22(29-31)21(28-23(26)27-19)17-13-30(9-6-10-33-4)20-12-18(25)15(11-16(17)20)7-8-24(2,3)32/h11-14,32H,5-6,9-10H2,1-4H3,(H2,26,27). The lowest BCUT2D eigenvalue weighted by Gasteiger charge is -2.07. The van der Waals surface area contributed by atoms with E-state index in [4.69, 9.17) is 10.5 Å². The molecule has 33 heavy (non-hydrogen) atoms. The third kappa shape index (κ3) is 4.67. The molecule has 0 aliphatic rings. The average molecular weight is 451 g/mol. The van der Waals surface area contributed by atoms with Crippen LogP contribution in [0.3, 0.4) is 0 Å². The lowest BCUT2D eigenvalue weighted by molar-refractivity contribution is 0.143. The Balaban J connectivity index is 1.98. The first-order valence-corrected chi connectivity index (χ1v) is 10.8. The zero-order valence-electron chi connectivity index (χ0n) is 19.2. The normalized spacial score (nSPS) is 11.8. The van der Waals surface area contributed by atoms with Crippen molar-refractivity contribution in [1.29, 1.82) is 0 Å². The van der Waals surface area contributed by atoms with E-state index in [9.17, 15) is 9.50 Å². The number of aromatic nitrogens is 5. The number of rotatable bonds is 6. The number of hydrogen-bond acceptors (Lipinski definition) is 6. The lowest BCUT2D eigenvalue weighted by atomic mass is 10.0. The number of benzene rings is 1. The number of methoxy groups -OCH3 is 1. The highest BCUT2D eigenvalue weighted by molar-refractivity contribution is 6.02. The highest BCUT2D eigenvalue weighted by atomic mass is 19.1. The van der Waals surface area contributed by atoms with Crippen LogP contribution < -0.4 is 5.73 Å². The van der Waals surface area contributed by atoms with Gasteiger partial charge in [0.2, 0.25) is 5.95 Å². The fourth-order valence-corrected chi connectivity index (χ4v) is 3.71. The van der Waals surface area contributed by atoms with Crippen LogP contribution in [0.25, 0.3) is 33.2 Å². The highest BCUT2D eigenvalue weighted by Crippen LogP contribution is 2.35. The SMILES string of the molecule is CCn1cc2nc(N)nc(-c3cn(CCCOC)c4cc(F)c(C#CC(C)(C)O)cc34)c2n1. The van der Waals surface area contributed by atoms with Gasteiger partial charge in [-0.1, -0.05) is 11.8 Å². The Morgan fingerprint density at radius 1 is 1.24 bits per heavy atom. The number of ether oxygens (including phenoxy) is 1. The Kier molecular flexibility index (Phi) is 6.06. The van der Waals surface area contributed by atoms with Gasteiger partial charge >= 0.3 is 0 Å². The molecule has 0 unspecified atom stereocenters. The van der Waals surface area contributed by atoms with Crippen LogP contribution in [0.15, 0.2) is 24.5 Å². The number of aryl methyl sites for hydroxylation is 2. The number of nitrogens with two attached hydrogens (primary N) is 1. The summed E-state index contributed by atoms with van der Waals surface area (Å²) in [5, 5.41) is 15.3. The van der Waals surface area contributed by atoms with Gasteiger partial charge in [0.15, 0.2) is 0 Å². The Labute approximate surface area is 191 Å². The molecule has 3 heterocycles. The van der Waals surface area contributed by atoms with Crippen LogP contribution in [0, 0.1) is 17.7 Å². The van der Waals surface area contributed by atoms with Gasteiger partial charge in [0.1, 0.15) is 28.1 Å². The summed E-state index contributed by atoms with van der Waals surface area (Å²) in [6.45, 7) is 6.98. The van der Waals surface area contributed by atoms with Crippen molar-refractivity contribution < 1.29 is 14.2 Å². The van der Waals surface area contributed by atoms with E-state index in [0.29, 0.717) is 41.9 Å². The molecule has 8 nitrogen and oxygen atoms in total. The molecule has 172 valence electrons. The van der Waals surface area contributed by atoms with Crippen LogP contribution in [-0.4, -0.2) is 48.7 Å². The van der Waals surface area contributed by atoms with E-state index in [2.05, 4.69) is 26.9 Å². The molecular weight excluding hydrogens is 423 g/mol. The van der Waals surface area contributed by atoms with Crippen molar-refractivity contribution in [3.05, 3.63) is 35.9 Å². The van der Waals surface area contributed by atoms with Crippen molar-refractivity contribution in [3.63, 3.8) is 0 Å². The van der Waals surface area contributed by atoms with E-state index in [1.807, 2.05) is 23.9 Å². The minimum absolute atomic E-state index is 0.137. The molecule has 0 saturated carbocycles. The molecule has 0 radical (unpaired) electrons. The summed E-state index contributed by atoms with van der Waals surface area (Å²) in [5.41, 5.74) is 8.27. The zero-order chi connectivity index (χ0) is 23.8. The predicted octanol–water partition coefficient (Wildman–Crippen LogP) is 3.35. The van der Waals surface area contributed by atoms with Gasteiger partial charge in [-0.25, -0.2) is 14.4 Å². The van der Waals surface area contributed by atoms with E-state index in [0.717, 1.165) is 17.4 Å². The summed E-state index contributed by atoms with van der Waals surface area (Å²) < 4.78 is 23.9. The first-order valence-electron chi connectivity index (χ1n) is 10.8. The van der Waals surface area contributed by atoms with E-state index in [-0.39, 0.29) is 11.5 Å². The number of nitrogens with zero attached hydrogens (tertiary/aromatic N) is 5. The van der Waals surface area contributed by atoms with Gasteiger partial charge in [0, 0.05) is 44.0 Å². The number of nitrogen functional groups attached to an aromatic ring is 1. The molecule has 3 aromatic heterocycles. The molecule has 9 heteroatoms. The molecule has 4 aromatic rings. The summed E-state index contributed by atoms with van der Waals surface area (Å²) >= 11 is 0. The monoisotopic (exact) mass is 450 g/mol. The minimum Gasteiger partial charge on any atom is -0.385 e. The van der Waals surface area contributed by atoms with E-state index in [1.165, 1.54) is 6.07 Å². The smallest absolute Gasteiger partial charge is 0.221 e. The fraction of sp³-hybridized carbons (Fsp3) is 0.375. The maximum absolute atomic E-state index is 15.0. The van der Waals surface area contributed by atoms with Crippen molar-refractivity contribution in [2.75, 3.05) is 19.5 Å². The number of aliphatic hydroxyl groups is 1. The van der Waals surface area contributed by atoms with E-state index >= 15 is 0 Å². The Hall–Kier alpha value is -3.48. The van der Waals surface area contributed by atoms with Crippen LogP contribution in [0.4, 0.5) is 10.3 Å². The van der Waals surface area contributed by atoms with Crippen molar-refractivity contribution >= 4 is 27.9 Å². The molecule has 4 rings (SSSR count). The number of halogens is 1. The van der Waals surface area contributed by atoms with Gasteiger partial charge in [-0.2, -0.15) is 5.10 Å². The molecule has 1 aromatic carbocycles. The van der Waals surface area contributed by atoms with Crippen molar-refractivity contribution in [2.24, 2.45) is 0 Å². The lowest BCUT2D eigenvalue weighted by Crippen LogP contribution is -2.14. The first kappa shape index (κ1) is 22.7. The maximum atomic E-state index is 15.0. The topological polar surface area (TPSA) is 104 Å². The third-order valence-corrected chi connectivity index (χ3v) is 5.23. The number of hydrogen-bond donors (Lipinski definition) is 2. The summed E-state index contributed by atoms with van der Waals surface area (Å²) in [5.74, 6) is 5.13.